The Morgan fingerprint density at radius 2 is 1.82 bits per heavy atom. The van der Waals surface area contributed by atoms with Gasteiger partial charge in [0, 0.05) is 11.8 Å². The lowest BCUT2D eigenvalue weighted by molar-refractivity contribution is -0.140. The molecule has 168 valence electrons. The maximum Gasteiger partial charge on any atom is 0.296 e. The average Bonchev–Trinajstić information content (AvgIpc) is 3.09. The summed E-state index contributed by atoms with van der Waals surface area (Å²) >= 11 is 6.11. The molecule has 1 saturated heterocycles. The Labute approximate surface area is 195 Å². The number of halogens is 1. The third-order valence-corrected chi connectivity index (χ3v) is 5.77. The highest BCUT2D eigenvalue weighted by Crippen LogP contribution is 2.41. The molecule has 0 aliphatic carbocycles. The van der Waals surface area contributed by atoms with Crippen molar-refractivity contribution in [1.29, 1.82) is 0 Å². The quantitative estimate of drug-likeness (QED) is 0.331. The number of Topliss-reactive ketones (excluding diaryl/α,β-unsaturated/α-hetero) is 1. The summed E-state index contributed by atoms with van der Waals surface area (Å²) in [7, 11) is 3.00. The van der Waals surface area contributed by atoms with Crippen molar-refractivity contribution in [1.82, 2.24) is 9.88 Å². The number of carbonyl (C=O) groups is 2. The largest absolute Gasteiger partial charge is 0.507 e. The van der Waals surface area contributed by atoms with E-state index in [-0.39, 0.29) is 17.9 Å². The van der Waals surface area contributed by atoms with E-state index in [1.807, 2.05) is 0 Å². The fraction of sp³-hybridized carbons (Fsp3) is 0.160. The topological polar surface area (TPSA) is 89.0 Å². The normalized spacial score (nSPS) is 17.3. The van der Waals surface area contributed by atoms with Crippen LogP contribution in [0.5, 0.6) is 11.5 Å². The predicted molar refractivity (Wildman–Crippen MR) is 123 cm³/mol. The first-order chi connectivity index (χ1) is 15.9. The van der Waals surface area contributed by atoms with E-state index in [9.17, 15) is 14.7 Å². The SMILES string of the molecule is COc1ccc(C2/C(=C(/O)c3ccc(Cl)c(OC)c3)C(=O)C(=O)N2Cc2ccccn2)cc1. The van der Waals surface area contributed by atoms with E-state index in [4.69, 9.17) is 21.1 Å². The maximum atomic E-state index is 13.1. The van der Waals surface area contributed by atoms with Crippen molar-refractivity contribution in [2.45, 2.75) is 12.6 Å². The van der Waals surface area contributed by atoms with E-state index in [0.717, 1.165) is 0 Å². The number of pyridine rings is 1. The van der Waals surface area contributed by atoms with Gasteiger partial charge in [-0.1, -0.05) is 29.8 Å². The van der Waals surface area contributed by atoms with Crippen molar-refractivity contribution < 1.29 is 24.2 Å². The van der Waals surface area contributed by atoms with Crippen molar-refractivity contribution in [3.8, 4) is 11.5 Å². The lowest BCUT2D eigenvalue weighted by Gasteiger charge is -2.25. The summed E-state index contributed by atoms with van der Waals surface area (Å²) in [6, 6.07) is 16.2. The van der Waals surface area contributed by atoms with Crippen LogP contribution in [0.15, 0.2) is 72.4 Å². The Morgan fingerprint density at radius 1 is 1.06 bits per heavy atom. The number of ether oxygens (including phenoxy) is 2. The molecule has 7 nitrogen and oxygen atoms in total. The van der Waals surface area contributed by atoms with E-state index in [1.165, 1.54) is 18.1 Å². The molecule has 1 amide bonds. The molecule has 1 aliphatic heterocycles. The fourth-order valence-corrected chi connectivity index (χ4v) is 4.00. The maximum absolute atomic E-state index is 13.1. The smallest absolute Gasteiger partial charge is 0.296 e. The van der Waals surface area contributed by atoms with Crippen LogP contribution in [0.1, 0.15) is 22.9 Å². The number of ketones is 1. The Kier molecular flexibility index (Phi) is 6.33. The van der Waals surface area contributed by atoms with Crippen molar-refractivity contribution in [3.63, 3.8) is 0 Å². The number of methoxy groups -OCH3 is 2. The number of rotatable bonds is 6. The molecule has 0 saturated carbocycles. The third kappa shape index (κ3) is 4.27. The number of hydrogen-bond acceptors (Lipinski definition) is 6. The molecule has 1 aromatic heterocycles. The third-order valence-electron chi connectivity index (χ3n) is 5.45. The van der Waals surface area contributed by atoms with Gasteiger partial charge in [-0.25, -0.2) is 0 Å². The standard InChI is InChI=1S/C25H21ClN2O5/c1-32-18-9-6-15(7-10-18)22-21(23(29)16-8-11-19(26)20(13-16)33-2)24(30)25(31)28(22)14-17-5-3-4-12-27-17/h3-13,22,29H,14H2,1-2H3/b23-21-. The van der Waals surface area contributed by atoms with Gasteiger partial charge in [-0.3, -0.25) is 14.6 Å². The monoisotopic (exact) mass is 464 g/mol. The van der Waals surface area contributed by atoms with Crippen LogP contribution in [0.3, 0.4) is 0 Å². The number of amides is 1. The highest BCUT2D eigenvalue weighted by Gasteiger charge is 2.46. The molecule has 0 radical (unpaired) electrons. The summed E-state index contributed by atoms with van der Waals surface area (Å²) in [4.78, 5) is 31.9. The molecule has 1 fully saturated rings. The van der Waals surface area contributed by atoms with Crippen LogP contribution < -0.4 is 9.47 Å². The zero-order valence-corrected chi connectivity index (χ0v) is 18.7. The molecule has 1 aliphatic rings. The van der Waals surface area contributed by atoms with E-state index in [1.54, 1.807) is 67.9 Å². The van der Waals surface area contributed by atoms with Gasteiger partial charge in [0.1, 0.15) is 17.3 Å². The molecule has 0 bridgehead atoms. The first kappa shape index (κ1) is 22.4. The minimum absolute atomic E-state index is 0.0227. The highest BCUT2D eigenvalue weighted by molar-refractivity contribution is 6.46. The number of benzene rings is 2. The molecule has 33 heavy (non-hydrogen) atoms. The minimum atomic E-state index is -0.820. The highest BCUT2D eigenvalue weighted by atomic mass is 35.5. The molecular formula is C25H21ClN2O5. The summed E-state index contributed by atoms with van der Waals surface area (Å²) in [5.74, 6) is -0.845. The zero-order valence-electron chi connectivity index (χ0n) is 18.0. The van der Waals surface area contributed by atoms with Crippen LogP contribution in [-0.2, 0) is 16.1 Å². The van der Waals surface area contributed by atoms with Crippen LogP contribution >= 0.6 is 11.6 Å². The van der Waals surface area contributed by atoms with E-state index in [2.05, 4.69) is 4.98 Å². The van der Waals surface area contributed by atoms with Crippen LogP contribution in [0.4, 0.5) is 0 Å². The Bertz CT molecular complexity index is 1230. The first-order valence-electron chi connectivity index (χ1n) is 10.1. The van der Waals surface area contributed by atoms with E-state index in [0.29, 0.717) is 33.3 Å². The van der Waals surface area contributed by atoms with Crippen molar-refractivity contribution >= 4 is 29.1 Å². The summed E-state index contributed by atoms with van der Waals surface area (Å²) in [5.41, 5.74) is 1.55. The lowest BCUT2D eigenvalue weighted by Crippen LogP contribution is -2.29. The van der Waals surface area contributed by atoms with Gasteiger partial charge in [0.25, 0.3) is 11.7 Å². The number of aromatic nitrogens is 1. The Morgan fingerprint density at radius 3 is 2.45 bits per heavy atom. The molecule has 1 atom stereocenters. The number of carbonyl (C=O) groups excluding carboxylic acids is 2. The second-order valence-electron chi connectivity index (χ2n) is 7.37. The molecule has 3 aromatic rings. The second-order valence-corrected chi connectivity index (χ2v) is 7.78. The van der Waals surface area contributed by atoms with Crippen LogP contribution in [0, 0.1) is 0 Å². The molecular weight excluding hydrogens is 444 g/mol. The number of likely N-dealkylation sites (tertiary alicyclic amines) is 1. The molecule has 2 aromatic carbocycles. The van der Waals surface area contributed by atoms with E-state index < -0.39 is 17.7 Å². The number of aliphatic hydroxyl groups excluding tert-OH is 1. The minimum Gasteiger partial charge on any atom is -0.507 e. The molecule has 1 unspecified atom stereocenters. The summed E-state index contributed by atoms with van der Waals surface area (Å²) in [6.07, 6.45) is 1.62. The molecule has 1 N–H and O–H groups in total. The number of aliphatic hydroxyl groups is 1. The van der Waals surface area contributed by atoms with Gasteiger partial charge in [-0.2, -0.15) is 0 Å². The molecule has 4 rings (SSSR count). The lowest BCUT2D eigenvalue weighted by atomic mass is 9.95. The summed E-state index contributed by atoms with van der Waals surface area (Å²) in [6.45, 7) is 0.100. The summed E-state index contributed by atoms with van der Waals surface area (Å²) < 4.78 is 10.5. The number of hydrogen-bond donors (Lipinski definition) is 1. The van der Waals surface area contributed by atoms with Crippen LogP contribution in [0.2, 0.25) is 5.02 Å². The zero-order chi connectivity index (χ0) is 23.5. The van der Waals surface area contributed by atoms with Gasteiger partial charge in [0.15, 0.2) is 0 Å². The number of nitrogens with zero attached hydrogens (tertiary/aromatic N) is 2. The van der Waals surface area contributed by atoms with Crippen molar-refractivity contribution in [3.05, 3.63) is 94.3 Å². The fourth-order valence-electron chi connectivity index (χ4n) is 3.80. The van der Waals surface area contributed by atoms with Crippen molar-refractivity contribution in [2.75, 3.05) is 14.2 Å². The van der Waals surface area contributed by atoms with Gasteiger partial charge in [0.05, 0.1) is 43.1 Å². The molecule has 0 spiro atoms. The Hall–Kier alpha value is -3.84. The summed E-state index contributed by atoms with van der Waals surface area (Å²) in [5, 5.41) is 11.5. The van der Waals surface area contributed by atoms with Crippen molar-refractivity contribution in [2.24, 2.45) is 0 Å². The Balaban J connectivity index is 1.86. The van der Waals surface area contributed by atoms with Gasteiger partial charge in [-0.15, -0.1) is 0 Å². The molecule has 2 heterocycles. The average molecular weight is 465 g/mol. The van der Waals surface area contributed by atoms with Gasteiger partial charge < -0.3 is 19.5 Å². The first-order valence-corrected chi connectivity index (χ1v) is 10.5. The van der Waals surface area contributed by atoms with Gasteiger partial charge >= 0.3 is 0 Å². The van der Waals surface area contributed by atoms with Gasteiger partial charge in [0.2, 0.25) is 0 Å². The second kappa shape index (κ2) is 9.34. The predicted octanol–water partition coefficient (Wildman–Crippen LogP) is 4.37. The van der Waals surface area contributed by atoms with Gasteiger partial charge in [-0.05, 0) is 48.0 Å². The van der Waals surface area contributed by atoms with E-state index >= 15 is 0 Å². The van der Waals surface area contributed by atoms with Crippen LogP contribution in [-0.4, -0.2) is 40.9 Å². The molecule has 8 heteroatoms. The van der Waals surface area contributed by atoms with Crippen LogP contribution in [0.25, 0.3) is 5.76 Å².